The van der Waals surface area contributed by atoms with Crippen LogP contribution in [0.4, 0.5) is 0 Å². The van der Waals surface area contributed by atoms with Crippen molar-refractivity contribution in [3.05, 3.63) is 12.7 Å². The SMILES string of the molecule is C=CC(=O)OC(C)OCCC[Si](C)(CCCOC(C)=O)O[Si](C)(C)O[Si](C)(C)O[Si](C)(C)O[Si](C)(C)O[Si](C)(C)O[Si](C)(C)O[Si](C)(C)O[Si](C)(C)O[Si](C)(C)C. The van der Waals surface area contributed by atoms with E-state index in [0.29, 0.717) is 26.1 Å². The fourth-order valence-corrected chi connectivity index (χ4v) is 58.4. The van der Waals surface area contributed by atoms with Crippen LogP contribution in [0.5, 0.6) is 0 Å². The van der Waals surface area contributed by atoms with Crippen molar-refractivity contribution in [2.24, 2.45) is 0 Å². The predicted molar refractivity (Wildman–Crippen MR) is 252 cm³/mol. The van der Waals surface area contributed by atoms with Crippen LogP contribution in [0.1, 0.15) is 26.7 Å². The van der Waals surface area contributed by atoms with Gasteiger partial charge in [0.05, 0.1) is 13.2 Å². The molecule has 0 aliphatic carbocycles. The van der Waals surface area contributed by atoms with E-state index in [1.807, 2.05) is 52.4 Å². The maximum atomic E-state index is 11.5. The van der Waals surface area contributed by atoms with E-state index in [2.05, 4.69) is 85.1 Å². The van der Waals surface area contributed by atoms with Crippen LogP contribution in [-0.2, 0) is 60.8 Å². The minimum absolute atomic E-state index is 0.303. The molecule has 0 radical (unpaired) electrons. The number of hydrogen-bond donors (Lipinski definition) is 0. The van der Waals surface area contributed by atoms with Crippen molar-refractivity contribution >= 4 is 97.1 Å². The standard InChI is InChI=1S/C33H82O14Si10/c1-24-33(35)38-32(3)37-28-26-30-57(23,29-25-27-36-31(2)34)47-56(21,22)46-55(19,20)45-54(17,18)44-53(15,16)43-52(13,14)42-51(11,12)41-50(9,10)40-49(7,8)39-48(4,5)6/h24,32H,1,25-30H2,2-23H3. The first-order valence-electron chi connectivity index (χ1n) is 20.0. The molecule has 0 heterocycles. The Balaban J connectivity index is 5.69. The first kappa shape index (κ1) is 57.4. The molecule has 0 bridgehead atoms. The summed E-state index contributed by atoms with van der Waals surface area (Å²) in [7, 11) is -25.7. The Bertz CT molecular complexity index is 1290. The van der Waals surface area contributed by atoms with Gasteiger partial charge in [0.25, 0.3) is 0 Å². The van der Waals surface area contributed by atoms with Gasteiger partial charge in [0.1, 0.15) is 0 Å². The van der Waals surface area contributed by atoms with Gasteiger partial charge in [0.2, 0.25) is 0 Å². The number of ether oxygens (including phenoxy) is 3. The number of hydrogen-bond acceptors (Lipinski definition) is 14. The molecule has 57 heavy (non-hydrogen) atoms. The first-order valence-corrected chi connectivity index (χ1v) is 48.8. The molecule has 0 amide bonds. The second-order valence-corrected chi connectivity index (χ2v) is 57.2. The van der Waals surface area contributed by atoms with Crippen molar-refractivity contribution in [2.75, 3.05) is 13.2 Å². The molecule has 2 atom stereocenters. The van der Waals surface area contributed by atoms with Gasteiger partial charge in [-0.1, -0.05) is 6.58 Å². The highest BCUT2D eigenvalue weighted by molar-refractivity contribution is 6.93. The monoisotopic (exact) mass is 982 g/mol. The average molecular weight is 984 g/mol. The van der Waals surface area contributed by atoms with E-state index in [-0.39, 0.29) is 5.97 Å². The topological polar surface area (TPSA) is 145 Å². The van der Waals surface area contributed by atoms with Crippen molar-refractivity contribution in [3.63, 3.8) is 0 Å². The summed E-state index contributed by atoms with van der Waals surface area (Å²) in [5.41, 5.74) is 0. The summed E-state index contributed by atoms with van der Waals surface area (Å²) < 4.78 is 77.0. The van der Waals surface area contributed by atoms with Crippen molar-refractivity contribution in [1.29, 1.82) is 0 Å². The van der Waals surface area contributed by atoms with Gasteiger partial charge in [-0.2, -0.15) is 0 Å². The maximum Gasteiger partial charge on any atom is 0.332 e. The summed E-state index contributed by atoms with van der Waals surface area (Å²) >= 11 is 0. The zero-order valence-corrected chi connectivity index (χ0v) is 49.8. The second-order valence-electron chi connectivity index (χ2n) is 19.3. The Morgan fingerprint density at radius 1 is 0.491 bits per heavy atom. The highest BCUT2D eigenvalue weighted by atomic mass is 28.5. The molecular weight excluding hydrogens is 901 g/mol. The molecule has 2 unspecified atom stereocenters. The van der Waals surface area contributed by atoms with E-state index in [1.54, 1.807) is 6.92 Å². The number of carbonyl (C=O) groups excluding carboxylic acids is 2. The van der Waals surface area contributed by atoms with Gasteiger partial charge in [-0.3, -0.25) is 4.79 Å². The van der Waals surface area contributed by atoms with Gasteiger partial charge in [-0.15, -0.1) is 0 Å². The highest BCUT2D eigenvalue weighted by Crippen LogP contribution is 2.32. The molecule has 0 N–H and O–H groups in total. The lowest BCUT2D eigenvalue weighted by atomic mass is 10.5. The maximum absolute atomic E-state index is 11.5. The molecule has 0 fully saturated rings. The molecule has 24 heteroatoms. The summed E-state index contributed by atoms with van der Waals surface area (Å²) in [5, 5.41) is 0. The molecule has 0 saturated carbocycles. The average Bonchev–Trinajstić information content (AvgIpc) is 2.86. The lowest BCUT2D eigenvalue weighted by Crippen LogP contribution is -2.62. The molecule has 0 aromatic rings. The van der Waals surface area contributed by atoms with E-state index >= 15 is 0 Å². The Labute approximate surface area is 357 Å². The lowest BCUT2D eigenvalue weighted by molar-refractivity contribution is -0.168. The van der Waals surface area contributed by atoms with E-state index in [9.17, 15) is 9.59 Å². The normalized spacial score (nSPS) is 15.9. The summed E-state index contributed by atoms with van der Waals surface area (Å²) in [6, 6.07) is 1.56. The van der Waals surface area contributed by atoms with Crippen LogP contribution < -0.4 is 0 Å². The third kappa shape index (κ3) is 28.6. The van der Waals surface area contributed by atoms with Crippen LogP contribution in [0.3, 0.4) is 0 Å². The Kier molecular flexibility index (Phi) is 22.4. The fraction of sp³-hybridized carbons (Fsp3) is 0.879. The Hall–Kier alpha value is 0.449. The molecule has 0 aromatic carbocycles. The van der Waals surface area contributed by atoms with Crippen molar-refractivity contribution in [3.8, 4) is 0 Å². The quantitative estimate of drug-likeness (QED) is 0.0231. The predicted octanol–water partition coefficient (Wildman–Crippen LogP) is 9.60. The Morgan fingerprint density at radius 3 is 1.09 bits per heavy atom. The Morgan fingerprint density at radius 2 is 0.789 bits per heavy atom. The fourth-order valence-electron chi connectivity index (χ4n) is 7.47. The third-order valence-corrected chi connectivity index (χ3v) is 46.0. The van der Waals surface area contributed by atoms with Crippen molar-refractivity contribution < 1.29 is 60.8 Å². The number of carbonyl (C=O) groups is 2. The van der Waals surface area contributed by atoms with Crippen LogP contribution in [0.2, 0.25) is 143 Å². The van der Waals surface area contributed by atoms with Gasteiger partial charge in [0, 0.05) is 13.0 Å². The highest BCUT2D eigenvalue weighted by Gasteiger charge is 2.50. The van der Waals surface area contributed by atoms with Gasteiger partial charge in [0.15, 0.2) is 22.9 Å². The summed E-state index contributed by atoms with van der Waals surface area (Å²) in [5.74, 6) is -0.833. The molecule has 14 nitrogen and oxygen atoms in total. The first-order chi connectivity index (χ1) is 25.1. The molecule has 0 aromatic heterocycles. The van der Waals surface area contributed by atoms with Crippen LogP contribution in [-0.4, -0.2) is 117 Å². The number of esters is 2. The summed E-state index contributed by atoms with van der Waals surface area (Å²) in [4.78, 5) is 22.9. The van der Waals surface area contributed by atoms with E-state index in [1.165, 1.54) is 6.92 Å². The molecule has 0 aliphatic rings. The largest absolute Gasteiger partial charge is 0.466 e. The van der Waals surface area contributed by atoms with Crippen molar-refractivity contribution in [2.45, 2.75) is 176 Å². The van der Waals surface area contributed by atoms with Crippen molar-refractivity contribution in [1.82, 2.24) is 0 Å². The van der Waals surface area contributed by atoms with Gasteiger partial charge < -0.3 is 51.2 Å². The van der Waals surface area contributed by atoms with Crippen LogP contribution in [0, 0.1) is 0 Å². The molecule has 0 spiro atoms. The van der Waals surface area contributed by atoms with Gasteiger partial charge >= 0.3 is 80.4 Å². The third-order valence-electron chi connectivity index (χ3n) is 7.29. The second kappa shape index (κ2) is 22.2. The minimum Gasteiger partial charge on any atom is -0.466 e. The zero-order valence-electron chi connectivity index (χ0n) is 39.8. The molecule has 338 valence electrons. The van der Waals surface area contributed by atoms with Crippen LogP contribution >= 0.6 is 0 Å². The zero-order chi connectivity index (χ0) is 45.2. The molecule has 0 saturated heterocycles. The van der Waals surface area contributed by atoms with Gasteiger partial charge in [-0.25, -0.2) is 4.79 Å². The molecule has 0 aliphatic heterocycles. The van der Waals surface area contributed by atoms with E-state index < -0.39 is 97.4 Å². The molecular formula is C33H82O14Si10. The molecule has 0 rings (SSSR count). The van der Waals surface area contributed by atoms with Crippen LogP contribution in [0.15, 0.2) is 12.7 Å². The number of rotatable bonds is 29. The smallest absolute Gasteiger partial charge is 0.332 e. The minimum atomic E-state index is -2.79. The van der Waals surface area contributed by atoms with Gasteiger partial charge in [-0.05, 0) is 163 Å². The van der Waals surface area contributed by atoms with E-state index in [4.69, 9.17) is 51.2 Å². The summed E-state index contributed by atoms with van der Waals surface area (Å²) in [6.45, 7) is 48.8. The summed E-state index contributed by atoms with van der Waals surface area (Å²) in [6.07, 6.45) is 1.82. The lowest BCUT2D eigenvalue weighted by Gasteiger charge is -2.45. The van der Waals surface area contributed by atoms with E-state index in [0.717, 1.165) is 18.2 Å². The van der Waals surface area contributed by atoms with Crippen LogP contribution in [0.25, 0.3) is 0 Å².